The maximum atomic E-state index is 12.8. The van der Waals surface area contributed by atoms with E-state index in [1.54, 1.807) is 13.1 Å². The lowest BCUT2D eigenvalue weighted by Gasteiger charge is -2.57. The third-order valence-corrected chi connectivity index (χ3v) is 11.2. The van der Waals surface area contributed by atoms with Crippen molar-refractivity contribution in [1.29, 1.82) is 5.26 Å². The molecular weight excluding hydrogens is 512 g/mol. The van der Waals surface area contributed by atoms with E-state index in [2.05, 4.69) is 4.74 Å². The van der Waals surface area contributed by atoms with E-state index in [4.69, 9.17) is 19.0 Å². The molecule has 0 saturated carbocycles. The fourth-order valence-corrected chi connectivity index (χ4v) is 5.38. The number of methoxy groups -OCH3 is 2. The van der Waals surface area contributed by atoms with Crippen LogP contribution in [0.3, 0.4) is 0 Å². The maximum Gasteiger partial charge on any atom is 0.509 e. The van der Waals surface area contributed by atoms with E-state index in [0.29, 0.717) is 0 Å². The van der Waals surface area contributed by atoms with Crippen LogP contribution >= 0.6 is 0 Å². The highest BCUT2D eigenvalue weighted by Crippen LogP contribution is 2.54. The summed E-state index contributed by atoms with van der Waals surface area (Å²) in [6.07, 6.45) is -0.565. The van der Waals surface area contributed by atoms with Crippen molar-refractivity contribution in [3.05, 3.63) is 48.0 Å². The molecule has 38 heavy (non-hydrogen) atoms. The minimum atomic E-state index is -2.89. The molecule has 1 aliphatic heterocycles. The first kappa shape index (κ1) is 29.2. The quantitative estimate of drug-likeness (QED) is 0.221. The van der Waals surface area contributed by atoms with Crippen molar-refractivity contribution in [1.82, 2.24) is 5.06 Å². The van der Waals surface area contributed by atoms with Crippen LogP contribution < -0.4 is 0 Å². The first-order valence-corrected chi connectivity index (χ1v) is 15.1. The zero-order valence-corrected chi connectivity index (χ0v) is 23.4. The fourth-order valence-electron chi connectivity index (χ4n) is 4.66. The van der Waals surface area contributed by atoms with Crippen LogP contribution in [-0.4, -0.2) is 67.9 Å². The molecule has 0 radical (unpaired) electrons. The number of hydroxylamine groups is 2. The summed E-state index contributed by atoms with van der Waals surface area (Å²) in [4.78, 5) is 54.5. The molecule has 12 heteroatoms. The molecule has 1 amide bonds. The summed E-state index contributed by atoms with van der Waals surface area (Å²) < 4.78 is 20.7. The molecule has 1 aromatic rings. The second-order valence-electron chi connectivity index (χ2n) is 10.7. The Kier molecular flexibility index (Phi) is 8.26. The zero-order chi connectivity index (χ0) is 28.4. The number of amides is 1. The summed E-state index contributed by atoms with van der Waals surface area (Å²) in [6.45, 7) is 7.20. The number of nitrogens with zero attached hydrogens (tertiary/aromatic N) is 2. The van der Waals surface area contributed by atoms with Gasteiger partial charge in [0.1, 0.15) is 24.3 Å². The smallest absolute Gasteiger partial charge is 0.438 e. The molecule has 1 fully saturated rings. The molecule has 4 atom stereocenters. The standard InChI is InChI=1S/C26H34N2O9Si/c1-24(2,38(5,6)32)14-19-21(36-22(30)33-3)25(12-13-26(19,17-27)37-23(31)34-4)15-20(29)28(25)35-16-18-10-8-7-9-11-18/h7-13,19,21,32H,14-16H2,1-6H3/t19-,21+,25-,26-/m0/s1. The molecule has 1 spiro atoms. The number of ether oxygens (including phenoxy) is 4. The summed E-state index contributed by atoms with van der Waals surface area (Å²) in [5.74, 6) is -1.40. The normalized spacial score (nSPS) is 26.8. The van der Waals surface area contributed by atoms with Gasteiger partial charge in [0.25, 0.3) is 0 Å². The van der Waals surface area contributed by atoms with Crippen LogP contribution in [0, 0.1) is 17.2 Å². The van der Waals surface area contributed by atoms with Crippen LogP contribution in [0.4, 0.5) is 9.59 Å². The molecule has 1 heterocycles. The van der Waals surface area contributed by atoms with Crippen molar-refractivity contribution >= 4 is 26.5 Å². The van der Waals surface area contributed by atoms with Gasteiger partial charge in [0, 0.05) is 0 Å². The van der Waals surface area contributed by atoms with E-state index >= 15 is 0 Å². The van der Waals surface area contributed by atoms with Gasteiger partial charge < -0.3 is 23.7 Å². The highest BCUT2D eigenvalue weighted by molar-refractivity contribution is 6.72. The monoisotopic (exact) mass is 546 g/mol. The zero-order valence-electron chi connectivity index (χ0n) is 22.4. The van der Waals surface area contributed by atoms with Gasteiger partial charge in [-0.2, -0.15) is 5.26 Å². The summed E-state index contributed by atoms with van der Waals surface area (Å²) in [5.41, 5.74) is -2.46. The molecular formula is C26H34N2O9Si. The average molecular weight is 547 g/mol. The van der Waals surface area contributed by atoms with Crippen LogP contribution in [0.5, 0.6) is 0 Å². The van der Waals surface area contributed by atoms with Crippen molar-refractivity contribution in [2.24, 2.45) is 5.92 Å². The maximum absolute atomic E-state index is 12.8. The van der Waals surface area contributed by atoms with Gasteiger partial charge in [-0.1, -0.05) is 50.3 Å². The van der Waals surface area contributed by atoms with Gasteiger partial charge in [0.15, 0.2) is 8.32 Å². The Balaban J connectivity index is 2.13. The first-order chi connectivity index (χ1) is 17.7. The Morgan fingerprint density at radius 3 is 2.32 bits per heavy atom. The third-order valence-electron chi connectivity index (χ3n) is 7.64. The molecule has 11 nitrogen and oxygen atoms in total. The molecule has 1 aliphatic carbocycles. The molecule has 206 valence electrons. The number of benzene rings is 1. The van der Waals surface area contributed by atoms with Gasteiger partial charge in [0.05, 0.1) is 26.6 Å². The predicted molar refractivity (Wildman–Crippen MR) is 136 cm³/mol. The van der Waals surface area contributed by atoms with Crippen molar-refractivity contribution in [3.8, 4) is 6.07 Å². The first-order valence-electron chi connectivity index (χ1n) is 12.1. The number of rotatable bonds is 8. The second kappa shape index (κ2) is 10.8. The second-order valence-corrected chi connectivity index (χ2v) is 15.1. The number of hydrogen-bond acceptors (Lipinski definition) is 10. The van der Waals surface area contributed by atoms with Gasteiger partial charge in [0.2, 0.25) is 11.5 Å². The number of carbonyl (C=O) groups is 3. The van der Waals surface area contributed by atoms with E-state index in [9.17, 15) is 24.4 Å². The van der Waals surface area contributed by atoms with Crippen molar-refractivity contribution in [2.75, 3.05) is 14.2 Å². The van der Waals surface area contributed by atoms with Crippen molar-refractivity contribution < 1.29 is 43.0 Å². The van der Waals surface area contributed by atoms with E-state index in [1.807, 2.05) is 50.2 Å². The molecule has 2 aliphatic rings. The molecule has 3 rings (SSSR count). The fraction of sp³-hybridized carbons (Fsp3) is 0.538. The number of hydrogen-bond donors (Lipinski definition) is 1. The Labute approximate surface area is 222 Å². The highest BCUT2D eigenvalue weighted by Gasteiger charge is 2.67. The van der Waals surface area contributed by atoms with E-state index in [-0.39, 0.29) is 25.4 Å². The Hall–Kier alpha value is -3.40. The van der Waals surface area contributed by atoms with Gasteiger partial charge >= 0.3 is 12.3 Å². The summed E-state index contributed by atoms with van der Waals surface area (Å²) in [5, 5.41) is 10.7. The van der Waals surface area contributed by atoms with Gasteiger partial charge in [-0.05, 0) is 36.2 Å². The summed E-state index contributed by atoms with van der Waals surface area (Å²) in [7, 11) is -0.646. The summed E-state index contributed by atoms with van der Waals surface area (Å²) in [6, 6.07) is 11.2. The lowest BCUT2D eigenvalue weighted by molar-refractivity contribution is -0.279. The number of β-lactam (4-membered cyclic amide) rings is 1. The van der Waals surface area contributed by atoms with E-state index in [1.165, 1.54) is 12.2 Å². The van der Waals surface area contributed by atoms with Crippen LogP contribution in [-0.2, 0) is 35.2 Å². The van der Waals surface area contributed by atoms with Crippen LogP contribution in [0.1, 0.15) is 32.3 Å². The highest BCUT2D eigenvalue weighted by atomic mass is 28.4. The van der Waals surface area contributed by atoms with E-state index in [0.717, 1.165) is 24.8 Å². The lowest BCUT2D eigenvalue weighted by atomic mass is 9.63. The minimum Gasteiger partial charge on any atom is -0.438 e. The molecule has 1 aromatic carbocycles. The molecule has 0 aromatic heterocycles. The number of nitriles is 1. The Morgan fingerprint density at radius 2 is 1.79 bits per heavy atom. The van der Waals surface area contributed by atoms with Gasteiger partial charge in [-0.25, -0.2) is 14.7 Å². The van der Waals surface area contributed by atoms with Crippen molar-refractivity contribution in [3.63, 3.8) is 0 Å². The SMILES string of the molecule is COC(=O)O[C@@H]1[C@H](CC(C)(C)[Si](C)(C)O)[C@](C#N)(OC(=O)OC)C=C[C@]12CC(=O)N2OCc1ccccc1. The van der Waals surface area contributed by atoms with E-state index < -0.39 is 48.8 Å². The lowest BCUT2D eigenvalue weighted by Crippen LogP contribution is -2.73. The Bertz CT molecular complexity index is 1130. The largest absolute Gasteiger partial charge is 0.509 e. The van der Waals surface area contributed by atoms with Gasteiger partial charge in [-0.15, -0.1) is 0 Å². The topological polar surface area (TPSA) is 145 Å². The average Bonchev–Trinajstić information content (AvgIpc) is 2.86. The molecule has 1 saturated heterocycles. The van der Waals surface area contributed by atoms with Crippen LogP contribution in [0.15, 0.2) is 42.5 Å². The molecule has 1 N–H and O–H groups in total. The third kappa shape index (κ3) is 5.40. The molecule has 0 unspecified atom stereocenters. The predicted octanol–water partition coefficient (Wildman–Crippen LogP) is 3.84. The van der Waals surface area contributed by atoms with Crippen LogP contribution in [0.25, 0.3) is 0 Å². The number of carbonyl (C=O) groups excluding carboxylic acids is 3. The molecule has 0 bridgehead atoms. The van der Waals surface area contributed by atoms with Crippen LogP contribution in [0.2, 0.25) is 18.1 Å². The van der Waals surface area contributed by atoms with Gasteiger partial charge in [-0.3, -0.25) is 9.63 Å². The summed E-state index contributed by atoms with van der Waals surface area (Å²) >= 11 is 0. The minimum absolute atomic E-state index is 0.0575. The van der Waals surface area contributed by atoms with Crippen molar-refractivity contribution in [2.45, 2.75) is 68.7 Å². The Morgan fingerprint density at radius 1 is 1.16 bits per heavy atom.